The minimum atomic E-state index is -1.23. The van der Waals surface area contributed by atoms with Gasteiger partial charge < -0.3 is 0 Å². The Morgan fingerprint density at radius 1 is 0.909 bits per heavy atom. The molecule has 4 atom stereocenters. The molecule has 2 radical (unpaired) electrons. The first kappa shape index (κ1) is 16.5. The van der Waals surface area contributed by atoms with Crippen molar-refractivity contribution in [2.45, 2.75) is 82.9 Å². The fourth-order valence-electron chi connectivity index (χ4n) is 4.98. The van der Waals surface area contributed by atoms with Crippen LogP contribution in [0.25, 0.3) is 0 Å². The topological polar surface area (TPSA) is 0 Å². The number of hydrogen-bond acceptors (Lipinski definition) is 0. The molecule has 0 nitrogen and oxygen atoms in total. The van der Waals surface area contributed by atoms with Gasteiger partial charge in [0.2, 0.25) is 0 Å². The lowest BCUT2D eigenvalue weighted by molar-refractivity contribution is 0.0965. The Hall–Kier alpha value is -0.335. The zero-order chi connectivity index (χ0) is 15.5. The summed E-state index contributed by atoms with van der Waals surface area (Å²) in [5.41, 5.74) is 1.43. The summed E-state index contributed by atoms with van der Waals surface area (Å²) in [5.74, 6) is 2.76. The van der Waals surface area contributed by atoms with Crippen LogP contribution >= 0.6 is 0 Å². The first-order chi connectivity index (χ1) is 10.7. The third kappa shape index (κ3) is 3.76. The minimum absolute atomic E-state index is 0.316. The molecule has 0 amide bonds. The predicted molar refractivity (Wildman–Crippen MR) is 88.6 cm³/mol. The van der Waals surface area contributed by atoms with Crippen molar-refractivity contribution >= 4 is 7.85 Å². The van der Waals surface area contributed by atoms with Crippen LogP contribution in [0, 0.1) is 23.7 Å². The van der Waals surface area contributed by atoms with E-state index in [4.69, 9.17) is 7.85 Å². The van der Waals surface area contributed by atoms with E-state index in [1.165, 1.54) is 44.1 Å². The summed E-state index contributed by atoms with van der Waals surface area (Å²) in [6.45, 7) is 0. The number of alkyl halides is 2. The molecule has 2 saturated carbocycles. The van der Waals surface area contributed by atoms with Gasteiger partial charge in [-0.15, -0.1) is 0 Å². The van der Waals surface area contributed by atoms with E-state index in [1.54, 1.807) is 0 Å². The summed E-state index contributed by atoms with van der Waals surface area (Å²) >= 11 is 0. The van der Waals surface area contributed by atoms with E-state index >= 15 is 0 Å². The third-order valence-electron chi connectivity index (χ3n) is 6.60. The van der Waals surface area contributed by atoms with Crippen LogP contribution < -0.4 is 0 Å². The summed E-state index contributed by atoms with van der Waals surface area (Å²) < 4.78 is 26.9. The van der Waals surface area contributed by atoms with Crippen LogP contribution in [0.2, 0.25) is 6.32 Å². The number of hydrogen-bond donors (Lipinski definition) is 0. The van der Waals surface area contributed by atoms with E-state index in [1.807, 2.05) is 0 Å². The lowest BCUT2D eigenvalue weighted by atomic mass is 9.68. The maximum Gasteiger partial charge on any atom is 0.132 e. The average molecular weight is 306 g/mol. The number of rotatable bonds is 3. The zero-order valence-corrected chi connectivity index (χ0v) is 13.7. The molecular weight excluding hydrogens is 277 g/mol. The van der Waals surface area contributed by atoms with Gasteiger partial charge in [0, 0.05) is 0 Å². The van der Waals surface area contributed by atoms with Gasteiger partial charge in [0.15, 0.2) is 0 Å². The molecule has 0 heterocycles. The van der Waals surface area contributed by atoms with Crippen LogP contribution in [-0.4, -0.2) is 20.2 Å². The van der Waals surface area contributed by atoms with E-state index in [0.717, 1.165) is 36.9 Å². The lowest BCUT2D eigenvalue weighted by Gasteiger charge is -2.37. The molecular formula is C19H29BF2. The molecule has 3 aliphatic rings. The van der Waals surface area contributed by atoms with Crippen molar-refractivity contribution in [2.24, 2.45) is 23.7 Å². The Morgan fingerprint density at radius 3 is 2.27 bits per heavy atom. The summed E-state index contributed by atoms with van der Waals surface area (Å²) in [4.78, 5) is 0. The molecule has 0 aliphatic heterocycles. The summed E-state index contributed by atoms with van der Waals surface area (Å²) in [6.07, 6.45) is 11.3. The van der Waals surface area contributed by atoms with Crippen molar-refractivity contribution in [2.75, 3.05) is 0 Å². The molecule has 0 N–H and O–H groups in total. The van der Waals surface area contributed by atoms with Crippen molar-refractivity contribution in [1.29, 1.82) is 0 Å². The molecule has 0 aromatic carbocycles. The highest BCUT2D eigenvalue weighted by Crippen LogP contribution is 2.43. The van der Waals surface area contributed by atoms with Crippen LogP contribution in [0.3, 0.4) is 0 Å². The third-order valence-corrected chi connectivity index (χ3v) is 6.60. The van der Waals surface area contributed by atoms with E-state index in [0.29, 0.717) is 18.8 Å². The standard InChI is InChI=1S/C19H29BF2/c20-12-13-1-3-14(4-2-13)15-5-7-16(8-6-15)17-9-10-18(21)19(22)11-17/h7,13-15,17-19H,1-6,8-12H2. The molecule has 0 spiro atoms. The van der Waals surface area contributed by atoms with Crippen molar-refractivity contribution in [3.05, 3.63) is 11.6 Å². The van der Waals surface area contributed by atoms with Gasteiger partial charge in [0.05, 0.1) is 7.85 Å². The largest absolute Gasteiger partial charge is 0.244 e. The number of allylic oxidation sites excluding steroid dienone is 2. The Morgan fingerprint density at radius 2 is 1.68 bits per heavy atom. The summed E-state index contributed by atoms with van der Waals surface area (Å²) in [7, 11) is 5.78. The van der Waals surface area contributed by atoms with Gasteiger partial charge in [0.25, 0.3) is 0 Å². The molecule has 3 aliphatic carbocycles. The quantitative estimate of drug-likeness (QED) is 0.471. The molecule has 3 rings (SSSR count). The number of halogens is 2. The van der Waals surface area contributed by atoms with E-state index < -0.39 is 12.3 Å². The van der Waals surface area contributed by atoms with Gasteiger partial charge in [-0.3, -0.25) is 0 Å². The second kappa shape index (κ2) is 7.49. The second-order valence-electron chi connectivity index (χ2n) is 7.87. The van der Waals surface area contributed by atoms with E-state index in [9.17, 15) is 8.78 Å². The Labute approximate surface area is 135 Å². The zero-order valence-electron chi connectivity index (χ0n) is 13.7. The highest BCUT2D eigenvalue weighted by atomic mass is 19.2. The molecule has 4 unspecified atom stereocenters. The monoisotopic (exact) mass is 306 g/mol. The molecule has 0 saturated heterocycles. The smallest absolute Gasteiger partial charge is 0.132 e. The first-order valence-electron chi connectivity index (χ1n) is 9.34. The van der Waals surface area contributed by atoms with Gasteiger partial charge >= 0.3 is 0 Å². The molecule has 2 fully saturated rings. The van der Waals surface area contributed by atoms with Crippen molar-refractivity contribution < 1.29 is 8.78 Å². The van der Waals surface area contributed by atoms with E-state index in [-0.39, 0.29) is 0 Å². The molecule has 122 valence electrons. The van der Waals surface area contributed by atoms with Gasteiger partial charge in [-0.25, -0.2) is 8.78 Å². The first-order valence-corrected chi connectivity index (χ1v) is 9.34. The van der Waals surface area contributed by atoms with Gasteiger partial charge in [-0.1, -0.05) is 30.8 Å². The Kier molecular flexibility index (Phi) is 5.62. The van der Waals surface area contributed by atoms with Gasteiger partial charge in [0.1, 0.15) is 12.3 Å². The van der Waals surface area contributed by atoms with Crippen molar-refractivity contribution in [3.63, 3.8) is 0 Å². The molecule has 0 bridgehead atoms. The Balaban J connectivity index is 1.50. The highest BCUT2D eigenvalue weighted by Gasteiger charge is 2.34. The van der Waals surface area contributed by atoms with E-state index in [2.05, 4.69) is 6.08 Å². The van der Waals surface area contributed by atoms with Crippen molar-refractivity contribution in [1.82, 2.24) is 0 Å². The highest BCUT2D eigenvalue weighted by molar-refractivity contribution is 6.08. The maximum atomic E-state index is 13.6. The van der Waals surface area contributed by atoms with Crippen LogP contribution in [0.4, 0.5) is 8.78 Å². The summed E-state index contributed by atoms with van der Waals surface area (Å²) in [6, 6.07) is 0. The fraction of sp³-hybridized carbons (Fsp3) is 0.895. The normalized spacial score (nSPS) is 43.6. The predicted octanol–water partition coefficient (Wildman–Crippen LogP) is 5.58. The Bertz CT molecular complexity index is 387. The van der Waals surface area contributed by atoms with Gasteiger partial charge in [-0.2, -0.15) is 0 Å². The summed E-state index contributed by atoms with van der Waals surface area (Å²) in [5, 5.41) is 0. The van der Waals surface area contributed by atoms with Crippen LogP contribution in [0.1, 0.15) is 64.2 Å². The van der Waals surface area contributed by atoms with Gasteiger partial charge in [-0.05, 0) is 75.0 Å². The van der Waals surface area contributed by atoms with Crippen LogP contribution in [-0.2, 0) is 0 Å². The average Bonchev–Trinajstić information content (AvgIpc) is 2.58. The molecule has 22 heavy (non-hydrogen) atoms. The van der Waals surface area contributed by atoms with Crippen LogP contribution in [0.15, 0.2) is 11.6 Å². The lowest BCUT2D eigenvalue weighted by Crippen LogP contribution is -2.29. The second-order valence-corrected chi connectivity index (χ2v) is 7.87. The van der Waals surface area contributed by atoms with Crippen molar-refractivity contribution in [3.8, 4) is 0 Å². The molecule has 0 aromatic heterocycles. The molecule has 0 aromatic rings. The van der Waals surface area contributed by atoms with Crippen LogP contribution in [0.5, 0.6) is 0 Å². The maximum absolute atomic E-state index is 13.6. The molecule has 3 heteroatoms. The fourth-order valence-corrected chi connectivity index (χ4v) is 4.98. The minimum Gasteiger partial charge on any atom is -0.244 e. The SMILES string of the molecule is [B]CC1CCC(C2CC=C(C3CCC(F)C(F)C3)CC2)CC1.